The number of hydrogen-bond acceptors (Lipinski definition) is 4. The van der Waals surface area contributed by atoms with Crippen molar-refractivity contribution in [3.63, 3.8) is 0 Å². The first-order chi connectivity index (χ1) is 21.0. The van der Waals surface area contributed by atoms with Crippen molar-refractivity contribution in [3.8, 4) is 11.3 Å². The van der Waals surface area contributed by atoms with E-state index in [4.69, 9.17) is 4.98 Å². The summed E-state index contributed by atoms with van der Waals surface area (Å²) in [7, 11) is 0. The molecule has 0 saturated heterocycles. The summed E-state index contributed by atoms with van der Waals surface area (Å²) >= 11 is 0. The monoisotopic (exact) mass is 800 g/mol. The molecule has 46 heavy (non-hydrogen) atoms. The zero-order valence-corrected chi connectivity index (χ0v) is 32.6. The van der Waals surface area contributed by atoms with Crippen LogP contribution >= 0.6 is 0 Å². The number of ketones is 1. The van der Waals surface area contributed by atoms with Crippen LogP contribution in [0.4, 0.5) is 0 Å². The second-order valence-electron chi connectivity index (χ2n) is 14.4. The Morgan fingerprint density at radius 2 is 1.50 bits per heavy atom. The fourth-order valence-electron chi connectivity index (χ4n) is 5.58. The van der Waals surface area contributed by atoms with Gasteiger partial charge in [-0.25, -0.2) is 4.98 Å². The van der Waals surface area contributed by atoms with Crippen LogP contribution in [0.2, 0.25) is 0 Å². The summed E-state index contributed by atoms with van der Waals surface area (Å²) in [4.78, 5) is 21.6. The van der Waals surface area contributed by atoms with E-state index in [1.54, 1.807) is 6.33 Å². The minimum atomic E-state index is -0.337. The summed E-state index contributed by atoms with van der Waals surface area (Å²) in [5.41, 5.74) is 6.27. The molecule has 0 atom stereocenters. The van der Waals surface area contributed by atoms with E-state index >= 15 is 0 Å². The predicted octanol–water partition coefficient (Wildman–Crippen LogP) is 11.6. The fourth-order valence-corrected chi connectivity index (χ4v) is 5.58. The van der Waals surface area contributed by atoms with Crippen LogP contribution in [0.25, 0.3) is 32.9 Å². The van der Waals surface area contributed by atoms with Gasteiger partial charge in [-0.05, 0) is 59.0 Å². The Hall–Kier alpha value is -2.88. The molecule has 0 aliphatic carbocycles. The maximum absolute atomic E-state index is 12.2. The van der Waals surface area contributed by atoms with Gasteiger partial charge in [0.1, 0.15) is 12.1 Å². The van der Waals surface area contributed by atoms with E-state index in [0.29, 0.717) is 5.92 Å². The Labute approximate surface area is 291 Å². The fraction of sp³-hybridized carbons (Fsp3) is 0.488. The van der Waals surface area contributed by atoms with Crippen LogP contribution in [-0.2, 0) is 30.3 Å². The number of fused-ring (bicyclic) bond motifs is 3. The Morgan fingerprint density at radius 1 is 0.891 bits per heavy atom. The average molecular weight is 800 g/mol. The second-order valence-corrected chi connectivity index (χ2v) is 14.4. The molecular weight excluding hydrogens is 745 g/mol. The minimum Gasteiger partial charge on any atom is -0.512 e. The Kier molecular flexibility index (Phi) is 13.5. The summed E-state index contributed by atoms with van der Waals surface area (Å²) in [5.74, 6) is 0.722. The van der Waals surface area contributed by atoms with E-state index in [1.807, 2.05) is 41.5 Å². The molecule has 4 aromatic rings. The number of carbonyl (C=O) groups excluding carboxylic acids is 1. The largest absolute Gasteiger partial charge is 0.512 e. The molecule has 1 radical (unpaired) electrons. The first-order valence-electron chi connectivity index (χ1n) is 16.7. The van der Waals surface area contributed by atoms with Gasteiger partial charge in [0.15, 0.2) is 5.78 Å². The zero-order valence-electron chi connectivity index (χ0n) is 30.2. The number of aliphatic hydroxyl groups is 1. The standard InChI is InChI=1S/C26H27N2.C15H28O2.Ir/c1-16(2)21-9-7-8-18-10-11-22-24(27-15-28-25(22)23(18)21)19-12-17(3)13-20(14-19)26(4,5)6;1-7-14(5,8-2)12(16)11-13(17)15(6,9-3)10-4;/h7-11,13-16H,1-6H3;11,16H,7-10H2,1-6H3;/q-1;;/b;12-11-;. The van der Waals surface area contributed by atoms with Crippen molar-refractivity contribution in [2.75, 3.05) is 0 Å². The van der Waals surface area contributed by atoms with Crippen molar-refractivity contribution in [1.29, 1.82) is 0 Å². The topological polar surface area (TPSA) is 63.1 Å². The number of aliphatic hydroxyl groups excluding tert-OH is 1. The number of benzene rings is 3. The van der Waals surface area contributed by atoms with Gasteiger partial charge in [0.2, 0.25) is 0 Å². The van der Waals surface area contributed by atoms with Crippen LogP contribution < -0.4 is 0 Å². The summed E-state index contributed by atoms with van der Waals surface area (Å²) in [6.07, 6.45) is 6.45. The quantitative estimate of drug-likeness (QED) is 0.0793. The van der Waals surface area contributed by atoms with Crippen molar-refractivity contribution in [3.05, 3.63) is 83.4 Å². The normalized spacial score (nSPS) is 12.6. The molecule has 4 nitrogen and oxygen atoms in total. The van der Waals surface area contributed by atoms with Gasteiger partial charge >= 0.3 is 0 Å². The van der Waals surface area contributed by atoms with E-state index in [9.17, 15) is 9.90 Å². The van der Waals surface area contributed by atoms with Gasteiger partial charge in [-0.15, -0.1) is 34.9 Å². The molecule has 0 fully saturated rings. The van der Waals surface area contributed by atoms with Gasteiger partial charge in [-0.3, -0.25) is 9.78 Å². The molecule has 1 aromatic heterocycles. The molecule has 0 unspecified atom stereocenters. The van der Waals surface area contributed by atoms with Crippen LogP contribution in [0, 0.1) is 23.8 Å². The summed E-state index contributed by atoms with van der Waals surface area (Å²) < 4.78 is 0. The van der Waals surface area contributed by atoms with E-state index in [2.05, 4.69) is 95.1 Å². The third kappa shape index (κ3) is 8.52. The summed E-state index contributed by atoms with van der Waals surface area (Å²) in [5, 5.41) is 13.7. The van der Waals surface area contributed by atoms with E-state index in [-0.39, 0.29) is 47.9 Å². The first kappa shape index (κ1) is 39.3. The summed E-state index contributed by atoms with van der Waals surface area (Å²) in [6, 6.07) is 18.8. The zero-order chi connectivity index (χ0) is 33.7. The van der Waals surface area contributed by atoms with Crippen LogP contribution in [0.15, 0.2) is 60.6 Å². The molecular formula is C41H55IrN2O2-. The number of hydrogen-bond donors (Lipinski definition) is 1. The van der Waals surface area contributed by atoms with Crippen molar-refractivity contribution in [1.82, 2.24) is 9.97 Å². The third-order valence-electron chi connectivity index (χ3n) is 10.0. The molecule has 0 saturated carbocycles. The number of carbonyl (C=O) groups is 1. The SMILES string of the molecule is CCC(C)(CC)C(=O)/C=C(\O)C(C)(CC)CC.Cc1[c-]c(-c2ncnc3c2ccc2cccc(C(C)C)c23)cc(C(C)(C)C)c1.[Ir]. The van der Waals surface area contributed by atoms with Crippen molar-refractivity contribution >= 4 is 27.5 Å². The van der Waals surface area contributed by atoms with Crippen LogP contribution in [0.1, 0.15) is 124 Å². The second kappa shape index (κ2) is 15.8. The maximum atomic E-state index is 12.2. The molecule has 0 amide bonds. The molecule has 4 rings (SSSR count). The van der Waals surface area contributed by atoms with Gasteiger partial charge in [0, 0.05) is 42.4 Å². The molecule has 1 heterocycles. The number of allylic oxidation sites excluding steroid dienone is 2. The van der Waals surface area contributed by atoms with Crippen LogP contribution in [-0.4, -0.2) is 20.9 Å². The summed E-state index contributed by atoms with van der Waals surface area (Å²) in [6.45, 7) is 25.4. The van der Waals surface area contributed by atoms with Crippen molar-refractivity contribution in [2.45, 2.75) is 120 Å². The minimum absolute atomic E-state index is 0. The molecule has 0 spiro atoms. The van der Waals surface area contributed by atoms with E-state index in [1.165, 1.54) is 28.0 Å². The van der Waals surface area contributed by atoms with Gasteiger partial charge in [0.25, 0.3) is 0 Å². The van der Waals surface area contributed by atoms with Gasteiger partial charge in [0.05, 0.1) is 5.52 Å². The Balaban J connectivity index is 0.000000356. The number of aryl methyl sites for hydroxylation is 1. The number of nitrogens with zero attached hydrogens (tertiary/aromatic N) is 2. The first-order valence-corrected chi connectivity index (χ1v) is 16.7. The average Bonchev–Trinajstić information content (AvgIpc) is 3.02. The van der Waals surface area contributed by atoms with Gasteiger partial charge in [-0.2, -0.15) is 0 Å². The van der Waals surface area contributed by atoms with Crippen molar-refractivity contribution < 1.29 is 30.0 Å². The van der Waals surface area contributed by atoms with Gasteiger partial charge < -0.3 is 5.11 Å². The smallest absolute Gasteiger partial charge is 0.164 e. The Morgan fingerprint density at radius 3 is 2.04 bits per heavy atom. The third-order valence-corrected chi connectivity index (χ3v) is 10.0. The molecule has 0 bridgehead atoms. The molecule has 3 aromatic carbocycles. The molecule has 251 valence electrons. The van der Waals surface area contributed by atoms with Crippen LogP contribution in [0.3, 0.4) is 0 Å². The van der Waals surface area contributed by atoms with Crippen LogP contribution in [0.5, 0.6) is 0 Å². The maximum Gasteiger partial charge on any atom is 0.164 e. The predicted molar refractivity (Wildman–Crippen MR) is 192 cm³/mol. The molecule has 0 aliphatic heterocycles. The molecule has 0 aliphatic rings. The number of rotatable bonds is 9. The van der Waals surface area contributed by atoms with E-state index < -0.39 is 0 Å². The van der Waals surface area contributed by atoms with E-state index in [0.717, 1.165) is 53.4 Å². The Bertz CT molecular complexity index is 1670. The molecule has 1 N–H and O–H groups in total. The van der Waals surface area contributed by atoms with Crippen molar-refractivity contribution in [2.24, 2.45) is 10.8 Å². The number of aromatic nitrogens is 2. The van der Waals surface area contributed by atoms with Gasteiger partial charge in [-0.1, -0.05) is 113 Å². The molecule has 5 heteroatoms.